The Morgan fingerprint density at radius 2 is 1.67 bits per heavy atom. The Balaban J connectivity index is -0.000000621. The molecular formula is C18H27NRuY-3. The number of nitrogens with zero attached hydrogens (tertiary/aromatic N) is 1. The number of rotatable bonds is 3. The van der Waals surface area contributed by atoms with Crippen LogP contribution in [0.3, 0.4) is 0 Å². The van der Waals surface area contributed by atoms with Crippen LogP contribution >= 0.6 is 0 Å². The average Bonchev–Trinajstić information content (AvgIpc) is 2.43. The molecule has 2 aromatic rings. The molecule has 0 fully saturated rings. The largest absolute Gasteiger partial charge is 0 e. The van der Waals surface area contributed by atoms with Gasteiger partial charge in [-0.15, -0.1) is 0 Å². The number of aryl methyl sites for hydroxylation is 1. The number of benzene rings is 1. The van der Waals surface area contributed by atoms with Crippen molar-refractivity contribution in [3.05, 3.63) is 69.9 Å². The maximum absolute atomic E-state index is 4.14. The van der Waals surface area contributed by atoms with Crippen LogP contribution in [-0.2, 0) is 65.0 Å². The number of para-hydroxylation sites is 1. The van der Waals surface area contributed by atoms with Crippen LogP contribution in [0.4, 0.5) is 0 Å². The molecule has 3 heteroatoms. The van der Waals surface area contributed by atoms with Crippen molar-refractivity contribution in [2.45, 2.75) is 33.1 Å². The smallest absolute Gasteiger partial charge is 0 e. The molecule has 0 unspecified atom stereocenters. The van der Waals surface area contributed by atoms with Gasteiger partial charge in [0.05, 0.1) is 5.69 Å². The molecule has 0 saturated heterocycles. The van der Waals surface area contributed by atoms with Crippen LogP contribution in [0, 0.1) is 28.3 Å². The molecule has 0 aliphatic rings. The standard InChI is InChI=1S/C15H17N.C2H6.CH3.Ru.Y.H/c1-4-7-14-11-10-13-9-6-8-12(5-2)15(13)16(14)3;1-2;;;;/h6,8-11H,1-5,7H2;1-2H3;1H3;;;/q-2;;-1;;;. The summed E-state index contributed by atoms with van der Waals surface area (Å²) in [6, 6.07) is 10.6. The minimum Gasteiger partial charge on any atom is 0 e. The second-order valence-corrected chi connectivity index (χ2v) is 3.96. The van der Waals surface area contributed by atoms with E-state index in [0.717, 1.165) is 19.3 Å². The summed E-state index contributed by atoms with van der Waals surface area (Å²) in [5.41, 5.74) is 3.67. The van der Waals surface area contributed by atoms with Crippen molar-refractivity contribution in [2.24, 2.45) is 0 Å². The van der Waals surface area contributed by atoms with Crippen molar-refractivity contribution in [1.29, 1.82) is 0 Å². The van der Waals surface area contributed by atoms with Crippen molar-refractivity contribution in [1.82, 2.24) is 0 Å². The fourth-order valence-electron chi connectivity index (χ4n) is 2.10. The van der Waals surface area contributed by atoms with Gasteiger partial charge in [-0.2, -0.15) is 12.8 Å². The first-order valence-electron chi connectivity index (χ1n) is 6.63. The molecule has 0 amide bonds. The Hall–Kier alpha value is 0.227. The summed E-state index contributed by atoms with van der Waals surface area (Å²) in [5, 5.41) is 1.23. The predicted molar refractivity (Wildman–Crippen MR) is 86.8 cm³/mol. The second kappa shape index (κ2) is 13.9. The number of hydrogen-bond acceptors (Lipinski definition) is 0. The van der Waals surface area contributed by atoms with E-state index in [2.05, 4.69) is 51.2 Å². The van der Waals surface area contributed by atoms with Gasteiger partial charge in [-0.1, -0.05) is 49.7 Å². The average molecular weight is 447 g/mol. The third kappa shape index (κ3) is 6.47. The molecule has 0 aliphatic heterocycles. The summed E-state index contributed by atoms with van der Waals surface area (Å²) < 4.78 is 2.03. The van der Waals surface area contributed by atoms with Crippen molar-refractivity contribution in [3.8, 4) is 0 Å². The first kappa shape index (κ1) is 26.1. The predicted octanol–water partition coefficient (Wildman–Crippen LogP) is 4.11. The summed E-state index contributed by atoms with van der Waals surface area (Å²) in [5.74, 6) is 0. The Morgan fingerprint density at radius 1 is 1.05 bits per heavy atom. The van der Waals surface area contributed by atoms with Gasteiger partial charge in [-0.25, -0.2) is 0 Å². The second-order valence-electron chi connectivity index (χ2n) is 3.96. The third-order valence-corrected chi connectivity index (χ3v) is 2.92. The van der Waals surface area contributed by atoms with Gasteiger partial charge in [0.15, 0.2) is 0 Å². The SMILES string of the molecule is CC.[CH2-]CCc1ccc2cccc(C[CH2-])c2[n+]1[CH2-].[CH3-].[RuH].[Y]. The quantitative estimate of drug-likeness (QED) is 0.379. The van der Waals surface area contributed by atoms with Crippen LogP contribution in [0.2, 0.25) is 0 Å². The molecule has 0 aliphatic carbocycles. The zero-order valence-electron chi connectivity index (χ0n) is 13.5. The van der Waals surface area contributed by atoms with Gasteiger partial charge in [0.2, 0.25) is 0 Å². The Kier molecular flexibility index (Phi) is 17.3. The molecule has 1 heterocycles. The fourth-order valence-corrected chi connectivity index (χ4v) is 2.10. The van der Waals surface area contributed by atoms with Gasteiger partial charge in [-0.3, -0.25) is 0 Å². The van der Waals surface area contributed by atoms with Crippen LogP contribution in [0.5, 0.6) is 0 Å². The molecule has 21 heavy (non-hydrogen) atoms. The Labute approximate surface area is 169 Å². The van der Waals surface area contributed by atoms with Crippen LogP contribution in [0.25, 0.3) is 10.9 Å². The van der Waals surface area contributed by atoms with Crippen LogP contribution in [0.1, 0.15) is 31.5 Å². The molecule has 1 radical (unpaired) electrons. The Bertz CT molecular complexity index is 512. The van der Waals surface area contributed by atoms with Gasteiger partial charge in [0.25, 0.3) is 0 Å². The summed E-state index contributed by atoms with van der Waals surface area (Å²) in [6.45, 7) is 11.9. The van der Waals surface area contributed by atoms with Gasteiger partial charge < -0.3 is 25.8 Å². The molecule has 1 nitrogen and oxygen atoms in total. The molecule has 2 rings (SSSR count). The topological polar surface area (TPSA) is 3.88 Å². The van der Waals surface area contributed by atoms with Gasteiger partial charge >= 0.3 is 19.5 Å². The first-order valence-corrected chi connectivity index (χ1v) is 6.63. The van der Waals surface area contributed by atoms with E-state index in [1.807, 2.05) is 18.4 Å². The normalized spacial score (nSPS) is 8.57. The van der Waals surface area contributed by atoms with E-state index in [1.54, 1.807) is 0 Å². The zero-order chi connectivity index (χ0) is 13.5. The van der Waals surface area contributed by atoms with E-state index < -0.39 is 0 Å². The maximum atomic E-state index is 4.14. The van der Waals surface area contributed by atoms with Gasteiger partial charge in [-0.05, 0) is 11.8 Å². The van der Waals surface area contributed by atoms with Crippen molar-refractivity contribution >= 4 is 10.9 Å². The van der Waals surface area contributed by atoms with E-state index in [9.17, 15) is 0 Å². The minimum atomic E-state index is 0. The maximum Gasteiger partial charge on any atom is 0 e. The monoisotopic (exact) mass is 448 g/mol. The summed E-state index contributed by atoms with van der Waals surface area (Å²) >= 11 is 0. The van der Waals surface area contributed by atoms with Crippen LogP contribution in [0.15, 0.2) is 30.3 Å². The summed E-state index contributed by atoms with van der Waals surface area (Å²) in [4.78, 5) is 0. The molecule has 0 bridgehead atoms. The molecule has 0 N–H and O–H groups in total. The zero-order valence-corrected chi connectivity index (χ0v) is 18.2. The van der Waals surface area contributed by atoms with Crippen LogP contribution < -0.4 is 4.57 Å². The van der Waals surface area contributed by atoms with Crippen molar-refractivity contribution < 1.29 is 56.8 Å². The number of pyridine rings is 1. The summed E-state index contributed by atoms with van der Waals surface area (Å²) in [6.07, 6.45) is 2.65. The number of fused-ring (bicyclic) bond motifs is 1. The van der Waals surface area contributed by atoms with E-state index >= 15 is 0 Å². The van der Waals surface area contributed by atoms with E-state index in [1.165, 1.54) is 22.2 Å². The fraction of sp³-hybridized carbons (Fsp3) is 0.278. The van der Waals surface area contributed by atoms with Gasteiger partial charge in [0, 0.05) is 39.8 Å². The van der Waals surface area contributed by atoms with Gasteiger partial charge in [0.1, 0.15) is 5.52 Å². The molecule has 0 saturated carbocycles. The summed E-state index contributed by atoms with van der Waals surface area (Å²) in [7, 11) is 4.14. The third-order valence-electron chi connectivity index (χ3n) is 2.92. The van der Waals surface area contributed by atoms with E-state index in [0.29, 0.717) is 0 Å². The Morgan fingerprint density at radius 3 is 2.19 bits per heavy atom. The molecular weight excluding hydrogens is 420 g/mol. The number of aromatic nitrogens is 1. The molecule has 0 spiro atoms. The van der Waals surface area contributed by atoms with E-state index in [-0.39, 0.29) is 59.6 Å². The molecule has 1 aromatic heterocycles. The van der Waals surface area contributed by atoms with Crippen molar-refractivity contribution in [3.63, 3.8) is 0 Å². The van der Waals surface area contributed by atoms with Crippen molar-refractivity contribution in [2.75, 3.05) is 0 Å². The van der Waals surface area contributed by atoms with E-state index in [4.69, 9.17) is 0 Å². The van der Waals surface area contributed by atoms with Crippen LogP contribution in [-0.4, -0.2) is 0 Å². The number of hydrogen-bond donors (Lipinski definition) is 0. The first-order chi connectivity index (χ1) is 8.77. The molecule has 0 atom stereocenters. The molecule has 1 aromatic carbocycles. The minimum absolute atomic E-state index is 0. The molecule has 118 valence electrons.